The van der Waals surface area contributed by atoms with Crippen molar-refractivity contribution in [2.45, 2.75) is 37.2 Å². The van der Waals surface area contributed by atoms with E-state index in [9.17, 15) is 24.0 Å². The highest BCUT2D eigenvalue weighted by Crippen LogP contribution is 2.53. The largest absolute Gasteiger partial charge is 0.465 e. The van der Waals surface area contributed by atoms with Gasteiger partial charge < -0.3 is 24.6 Å². The number of benzene rings is 1. The number of rotatable bonds is 9. The Kier molecular flexibility index (Phi) is 8.02. The van der Waals surface area contributed by atoms with Crippen molar-refractivity contribution in [3.8, 4) is 0 Å². The van der Waals surface area contributed by atoms with E-state index in [1.165, 1.54) is 0 Å². The van der Waals surface area contributed by atoms with Crippen LogP contribution in [0.25, 0.3) is 0 Å². The topological polar surface area (TPSA) is 113 Å². The summed E-state index contributed by atoms with van der Waals surface area (Å²) in [7, 11) is 1.84. The lowest BCUT2D eigenvalue weighted by atomic mass is 9.84. The Labute approximate surface area is 185 Å². The number of anilines is 1. The molecule has 9 heteroatoms. The van der Waals surface area contributed by atoms with E-state index in [4.69, 9.17) is 9.47 Å². The lowest BCUT2D eigenvalue weighted by molar-refractivity contribution is -0.173. The van der Waals surface area contributed by atoms with Gasteiger partial charge >= 0.3 is 11.9 Å². The first-order valence-electron chi connectivity index (χ1n) is 10.1. The highest BCUT2D eigenvalue weighted by atomic mass is 32.2. The second-order valence-electron chi connectivity index (χ2n) is 7.82. The minimum absolute atomic E-state index is 0.0330. The van der Waals surface area contributed by atoms with Crippen molar-refractivity contribution in [2.24, 2.45) is 11.3 Å². The molecule has 0 aromatic heterocycles. The van der Waals surface area contributed by atoms with Gasteiger partial charge in [0.05, 0.1) is 46.8 Å². The molecule has 2 rings (SSSR count). The molecule has 0 aliphatic heterocycles. The SMILES string of the molecule is C=C([C@H]1CC(C(=O)OCC)(C(=O)OCC)C[C@]1(O)CO)S(=O)c1ccccc1N(C)C. The third-order valence-electron chi connectivity index (χ3n) is 5.59. The molecule has 1 unspecified atom stereocenters. The number of carbonyl (C=O) groups excluding carboxylic acids is 2. The summed E-state index contributed by atoms with van der Waals surface area (Å²) in [6, 6.07) is 7.04. The van der Waals surface area contributed by atoms with Crippen LogP contribution in [0.15, 0.2) is 40.6 Å². The van der Waals surface area contributed by atoms with E-state index in [0.717, 1.165) is 0 Å². The van der Waals surface area contributed by atoms with Gasteiger partial charge in [-0.2, -0.15) is 0 Å². The van der Waals surface area contributed by atoms with E-state index >= 15 is 0 Å². The fraction of sp³-hybridized carbons (Fsp3) is 0.545. The Balaban J connectivity index is 2.49. The molecule has 2 N–H and O–H groups in total. The number of nitrogens with zero attached hydrogens (tertiary/aromatic N) is 1. The molecule has 172 valence electrons. The molecular formula is C22H31NO7S. The summed E-state index contributed by atoms with van der Waals surface area (Å²) in [5.74, 6) is -2.67. The monoisotopic (exact) mass is 453 g/mol. The van der Waals surface area contributed by atoms with Crippen LogP contribution in [-0.4, -0.2) is 65.9 Å². The summed E-state index contributed by atoms with van der Waals surface area (Å²) in [4.78, 5) is 28.0. The second kappa shape index (κ2) is 9.93. The zero-order valence-electron chi connectivity index (χ0n) is 18.4. The molecular weight excluding hydrogens is 422 g/mol. The minimum atomic E-state index is -1.89. The zero-order chi connectivity index (χ0) is 23.4. The van der Waals surface area contributed by atoms with Crippen LogP contribution in [-0.2, 0) is 29.9 Å². The fourth-order valence-corrected chi connectivity index (χ4v) is 5.51. The molecule has 8 nitrogen and oxygen atoms in total. The van der Waals surface area contributed by atoms with E-state index in [1.54, 1.807) is 36.9 Å². The predicted molar refractivity (Wildman–Crippen MR) is 117 cm³/mol. The van der Waals surface area contributed by atoms with Gasteiger partial charge in [0.1, 0.15) is 0 Å². The number of hydrogen-bond acceptors (Lipinski definition) is 8. The molecule has 0 saturated heterocycles. The van der Waals surface area contributed by atoms with Crippen molar-refractivity contribution >= 4 is 28.4 Å². The number of aliphatic hydroxyl groups is 2. The molecule has 0 bridgehead atoms. The molecule has 0 radical (unpaired) electrons. The number of carbonyl (C=O) groups is 2. The van der Waals surface area contributed by atoms with Gasteiger partial charge in [0, 0.05) is 31.3 Å². The summed E-state index contributed by atoms with van der Waals surface area (Å²) < 4.78 is 23.6. The summed E-state index contributed by atoms with van der Waals surface area (Å²) >= 11 is 0. The predicted octanol–water partition coefficient (Wildman–Crippen LogP) is 1.62. The van der Waals surface area contributed by atoms with Gasteiger partial charge in [0.15, 0.2) is 5.41 Å². The van der Waals surface area contributed by atoms with E-state index in [0.29, 0.717) is 10.6 Å². The molecule has 31 heavy (non-hydrogen) atoms. The van der Waals surface area contributed by atoms with Crippen LogP contribution in [0.5, 0.6) is 0 Å². The standard InChI is InChI=1S/C22H31NO7S/c1-6-29-19(25)21(20(26)30-7-2)12-16(22(27,13-21)14-24)15(3)31(28)18-11-9-8-10-17(18)23(4)5/h8-11,16,24,27H,3,6-7,12-14H2,1-2,4-5H3/t16-,22+,31?/m1/s1. The number of ether oxygens (including phenoxy) is 2. The van der Waals surface area contributed by atoms with Crippen LogP contribution >= 0.6 is 0 Å². The van der Waals surface area contributed by atoms with E-state index in [2.05, 4.69) is 6.58 Å². The molecule has 3 atom stereocenters. The molecule has 1 aromatic rings. The molecule has 1 aromatic carbocycles. The minimum Gasteiger partial charge on any atom is -0.465 e. The maximum atomic E-state index is 13.4. The molecule has 0 amide bonds. The zero-order valence-corrected chi connectivity index (χ0v) is 19.2. The van der Waals surface area contributed by atoms with Crippen molar-refractivity contribution in [1.29, 1.82) is 0 Å². The normalized spacial score (nSPS) is 23.1. The first-order valence-corrected chi connectivity index (χ1v) is 11.3. The average Bonchev–Trinajstić information content (AvgIpc) is 3.08. The van der Waals surface area contributed by atoms with Gasteiger partial charge in [0.25, 0.3) is 0 Å². The number of aliphatic hydroxyl groups excluding tert-OH is 1. The van der Waals surface area contributed by atoms with Crippen LogP contribution in [0.4, 0.5) is 5.69 Å². The average molecular weight is 454 g/mol. The van der Waals surface area contributed by atoms with E-state index in [1.807, 2.05) is 20.2 Å². The lowest BCUT2D eigenvalue weighted by Gasteiger charge is -2.29. The number of hydrogen-bond donors (Lipinski definition) is 2. The quantitative estimate of drug-likeness (QED) is 0.428. The Morgan fingerprint density at radius 2 is 1.74 bits per heavy atom. The van der Waals surface area contributed by atoms with Gasteiger partial charge in [-0.3, -0.25) is 9.59 Å². The Morgan fingerprint density at radius 1 is 1.19 bits per heavy atom. The van der Waals surface area contributed by atoms with Crippen molar-refractivity contribution in [3.05, 3.63) is 35.7 Å². The Morgan fingerprint density at radius 3 is 2.23 bits per heavy atom. The first-order chi connectivity index (χ1) is 14.6. The van der Waals surface area contributed by atoms with Crippen LogP contribution < -0.4 is 4.90 Å². The molecule has 1 saturated carbocycles. The summed E-state index contributed by atoms with van der Waals surface area (Å²) in [5.41, 5.74) is -3.00. The van der Waals surface area contributed by atoms with Gasteiger partial charge in [-0.1, -0.05) is 18.7 Å². The second-order valence-corrected chi connectivity index (χ2v) is 9.32. The van der Waals surface area contributed by atoms with Gasteiger partial charge in [-0.15, -0.1) is 0 Å². The smallest absolute Gasteiger partial charge is 0.323 e. The molecule has 0 spiro atoms. The molecule has 0 heterocycles. The number of para-hydroxylation sites is 1. The van der Waals surface area contributed by atoms with Crippen molar-refractivity contribution in [2.75, 3.05) is 38.8 Å². The Hall–Kier alpha value is -2.23. The maximum Gasteiger partial charge on any atom is 0.323 e. The first kappa shape index (κ1) is 25.0. The van der Waals surface area contributed by atoms with Gasteiger partial charge in [-0.25, -0.2) is 4.21 Å². The number of esters is 2. The van der Waals surface area contributed by atoms with Crippen LogP contribution in [0.3, 0.4) is 0 Å². The van der Waals surface area contributed by atoms with Crippen molar-refractivity contribution in [3.63, 3.8) is 0 Å². The highest BCUT2D eigenvalue weighted by Gasteiger charge is 2.64. The third kappa shape index (κ3) is 4.68. The van der Waals surface area contributed by atoms with Crippen LogP contribution in [0, 0.1) is 11.3 Å². The maximum absolute atomic E-state index is 13.4. The summed E-state index contributed by atoms with van der Waals surface area (Å²) in [6.07, 6.45) is -0.638. The van der Waals surface area contributed by atoms with Gasteiger partial charge in [-0.05, 0) is 32.4 Å². The summed E-state index contributed by atoms with van der Waals surface area (Å²) in [5, 5.41) is 21.2. The van der Waals surface area contributed by atoms with Crippen LogP contribution in [0.2, 0.25) is 0 Å². The summed E-state index contributed by atoms with van der Waals surface area (Å²) in [6.45, 7) is 6.47. The van der Waals surface area contributed by atoms with Crippen molar-refractivity contribution < 1.29 is 33.5 Å². The van der Waals surface area contributed by atoms with E-state index < -0.39 is 52.7 Å². The highest BCUT2D eigenvalue weighted by molar-refractivity contribution is 7.89. The third-order valence-corrected chi connectivity index (χ3v) is 7.09. The molecule has 1 fully saturated rings. The molecule has 1 aliphatic carbocycles. The van der Waals surface area contributed by atoms with Crippen molar-refractivity contribution in [1.82, 2.24) is 0 Å². The van der Waals surface area contributed by atoms with Crippen LogP contribution in [0.1, 0.15) is 26.7 Å². The lowest BCUT2D eigenvalue weighted by Crippen LogP contribution is -2.43. The van der Waals surface area contributed by atoms with E-state index in [-0.39, 0.29) is 24.5 Å². The molecule has 1 aliphatic rings. The Bertz CT molecular complexity index is 851. The fourth-order valence-electron chi connectivity index (χ4n) is 4.02. The van der Waals surface area contributed by atoms with Gasteiger partial charge in [0.2, 0.25) is 0 Å².